The molecule has 2 atom stereocenters. The first-order valence-electron chi connectivity index (χ1n) is 6.07. The van der Waals surface area contributed by atoms with Gasteiger partial charge in [-0.2, -0.15) is 0 Å². The Bertz CT molecular complexity index is 340. The average molecular weight is 240 g/mol. The summed E-state index contributed by atoms with van der Waals surface area (Å²) in [6.07, 6.45) is 2.95. The summed E-state index contributed by atoms with van der Waals surface area (Å²) in [6, 6.07) is 0. The zero-order valence-corrected chi connectivity index (χ0v) is 10.4. The molecule has 96 valence electrons. The van der Waals surface area contributed by atoms with Gasteiger partial charge in [0.05, 0.1) is 19.3 Å². The average Bonchev–Trinajstić information content (AvgIpc) is 2.93. The first-order chi connectivity index (χ1) is 8.31. The van der Waals surface area contributed by atoms with E-state index in [1.54, 1.807) is 13.3 Å². The highest BCUT2D eigenvalue weighted by molar-refractivity contribution is 5.01. The Morgan fingerprint density at radius 3 is 3.18 bits per heavy atom. The molecule has 0 aliphatic carbocycles. The van der Waals surface area contributed by atoms with Gasteiger partial charge in [0.25, 0.3) is 0 Å². The lowest BCUT2D eigenvalue weighted by molar-refractivity contribution is 0.0748. The zero-order valence-electron chi connectivity index (χ0n) is 10.4. The lowest BCUT2D eigenvalue weighted by atomic mass is 10.0. The molecule has 1 N–H and O–H groups in total. The van der Waals surface area contributed by atoms with E-state index in [1.165, 1.54) is 0 Å². The Morgan fingerprint density at radius 1 is 1.59 bits per heavy atom. The first kappa shape index (κ1) is 12.5. The quantitative estimate of drug-likeness (QED) is 0.764. The number of aromatic nitrogens is 1. The van der Waals surface area contributed by atoms with Gasteiger partial charge in [-0.25, -0.2) is 4.98 Å². The highest BCUT2D eigenvalue weighted by Crippen LogP contribution is 2.34. The second kappa shape index (κ2) is 6.14. The van der Waals surface area contributed by atoms with Crippen molar-refractivity contribution >= 4 is 0 Å². The molecule has 0 spiro atoms. The van der Waals surface area contributed by atoms with E-state index < -0.39 is 0 Å². The SMILES string of the molecule is COCCNCc1ncc(C2OCCC2C)o1. The lowest BCUT2D eigenvalue weighted by Gasteiger charge is -2.10. The molecule has 1 aromatic rings. The van der Waals surface area contributed by atoms with Crippen molar-refractivity contribution in [3.05, 3.63) is 17.8 Å². The summed E-state index contributed by atoms with van der Waals surface area (Å²) in [5, 5.41) is 3.20. The third-order valence-electron chi connectivity index (χ3n) is 3.00. The molecule has 1 aliphatic heterocycles. The second-order valence-electron chi connectivity index (χ2n) is 4.38. The number of hydrogen-bond acceptors (Lipinski definition) is 5. The molecule has 5 heteroatoms. The van der Waals surface area contributed by atoms with E-state index in [9.17, 15) is 0 Å². The van der Waals surface area contributed by atoms with Gasteiger partial charge in [0.2, 0.25) is 5.89 Å². The van der Waals surface area contributed by atoms with Crippen LogP contribution in [0.25, 0.3) is 0 Å². The Hall–Kier alpha value is -0.910. The number of oxazole rings is 1. The molecule has 1 fully saturated rings. The summed E-state index contributed by atoms with van der Waals surface area (Å²) in [5.74, 6) is 2.06. The molecule has 5 nitrogen and oxygen atoms in total. The van der Waals surface area contributed by atoms with E-state index in [2.05, 4.69) is 17.2 Å². The lowest BCUT2D eigenvalue weighted by Crippen LogP contribution is -2.18. The van der Waals surface area contributed by atoms with E-state index in [0.717, 1.165) is 25.3 Å². The Labute approximate surface area is 102 Å². The minimum Gasteiger partial charge on any atom is -0.442 e. The summed E-state index contributed by atoms with van der Waals surface area (Å²) >= 11 is 0. The van der Waals surface area contributed by atoms with Gasteiger partial charge in [0.15, 0.2) is 5.76 Å². The molecular weight excluding hydrogens is 220 g/mol. The predicted octanol–water partition coefficient (Wildman–Crippen LogP) is 1.51. The fraction of sp³-hybridized carbons (Fsp3) is 0.750. The number of rotatable bonds is 6. The molecule has 1 saturated heterocycles. The van der Waals surface area contributed by atoms with Crippen LogP contribution in [-0.2, 0) is 16.0 Å². The molecule has 17 heavy (non-hydrogen) atoms. The number of nitrogens with one attached hydrogen (secondary N) is 1. The van der Waals surface area contributed by atoms with Crippen LogP contribution < -0.4 is 5.32 Å². The predicted molar refractivity (Wildman–Crippen MR) is 62.6 cm³/mol. The molecule has 1 aliphatic rings. The van der Waals surface area contributed by atoms with E-state index in [-0.39, 0.29) is 6.10 Å². The topological polar surface area (TPSA) is 56.5 Å². The smallest absolute Gasteiger partial charge is 0.208 e. The molecule has 0 bridgehead atoms. The van der Waals surface area contributed by atoms with Crippen molar-refractivity contribution in [2.45, 2.75) is 26.0 Å². The molecule has 0 saturated carbocycles. The monoisotopic (exact) mass is 240 g/mol. The third-order valence-corrected chi connectivity index (χ3v) is 3.00. The first-order valence-corrected chi connectivity index (χ1v) is 6.07. The van der Waals surface area contributed by atoms with Crippen molar-refractivity contribution in [3.8, 4) is 0 Å². The summed E-state index contributed by atoms with van der Waals surface area (Å²) in [5.41, 5.74) is 0. The van der Waals surface area contributed by atoms with Crippen LogP contribution in [0.5, 0.6) is 0 Å². The number of nitrogens with zero attached hydrogens (tertiary/aromatic N) is 1. The number of ether oxygens (including phenoxy) is 2. The largest absolute Gasteiger partial charge is 0.442 e. The van der Waals surface area contributed by atoms with Crippen LogP contribution in [0.2, 0.25) is 0 Å². The third kappa shape index (κ3) is 3.28. The highest BCUT2D eigenvalue weighted by Gasteiger charge is 2.28. The molecule has 0 aromatic carbocycles. The standard InChI is InChI=1S/C12H20N2O3/c1-9-3-5-16-12(9)10-7-14-11(17-10)8-13-4-6-15-2/h7,9,12-13H,3-6,8H2,1-2H3. The zero-order chi connectivity index (χ0) is 12.1. The van der Waals surface area contributed by atoms with Gasteiger partial charge in [0.1, 0.15) is 6.10 Å². The van der Waals surface area contributed by atoms with Crippen molar-refractivity contribution in [2.75, 3.05) is 26.9 Å². The Balaban J connectivity index is 1.83. The van der Waals surface area contributed by atoms with Gasteiger partial charge in [-0.1, -0.05) is 6.92 Å². The van der Waals surface area contributed by atoms with E-state index in [4.69, 9.17) is 13.9 Å². The fourth-order valence-electron chi connectivity index (χ4n) is 1.97. The van der Waals surface area contributed by atoms with Crippen LogP contribution in [0.3, 0.4) is 0 Å². The minimum absolute atomic E-state index is 0.0789. The summed E-state index contributed by atoms with van der Waals surface area (Å²) in [6.45, 7) is 5.11. The van der Waals surface area contributed by atoms with Crippen LogP contribution in [-0.4, -0.2) is 31.9 Å². The molecule has 2 rings (SSSR count). The summed E-state index contributed by atoms with van der Waals surface area (Å²) < 4.78 is 16.3. The van der Waals surface area contributed by atoms with Crippen LogP contribution in [0, 0.1) is 5.92 Å². The Morgan fingerprint density at radius 2 is 2.47 bits per heavy atom. The molecule has 0 amide bonds. The van der Waals surface area contributed by atoms with Gasteiger partial charge in [-0.15, -0.1) is 0 Å². The summed E-state index contributed by atoms with van der Waals surface area (Å²) in [7, 11) is 1.68. The Kier molecular flexibility index (Phi) is 4.53. The maximum atomic E-state index is 5.68. The van der Waals surface area contributed by atoms with Gasteiger partial charge < -0.3 is 19.2 Å². The van der Waals surface area contributed by atoms with Gasteiger partial charge in [-0.3, -0.25) is 0 Å². The molecule has 2 heterocycles. The van der Waals surface area contributed by atoms with Gasteiger partial charge >= 0.3 is 0 Å². The van der Waals surface area contributed by atoms with E-state index >= 15 is 0 Å². The molecule has 2 unspecified atom stereocenters. The van der Waals surface area contributed by atoms with Crippen LogP contribution in [0.1, 0.15) is 31.1 Å². The van der Waals surface area contributed by atoms with Crippen molar-refractivity contribution in [1.82, 2.24) is 10.3 Å². The van der Waals surface area contributed by atoms with Crippen LogP contribution >= 0.6 is 0 Å². The van der Waals surface area contributed by atoms with Crippen LogP contribution in [0.15, 0.2) is 10.6 Å². The van der Waals surface area contributed by atoms with Crippen LogP contribution in [0.4, 0.5) is 0 Å². The summed E-state index contributed by atoms with van der Waals surface area (Å²) in [4.78, 5) is 4.24. The van der Waals surface area contributed by atoms with E-state index in [1.807, 2.05) is 0 Å². The van der Waals surface area contributed by atoms with Crippen molar-refractivity contribution in [3.63, 3.8) is 0 Å². The molecule has 0 radical (unpaired) electrons. The van der Waals surface area contributed by atoms with Crippen molar-refractivity contribution in [1.29, 1.82) is 0 Å². The van der Waals surface area contributed by atoms with E-state index in [0.29, 0.717) is 25.0 Å². The second-order valence-corrected chi connectivity index (χ2v) is 4.38. The maximum Gasteiger partial charge on any atom is 0.208 e. The molecule has 1 aromatic heterocycles. The normalized spacial score (nSPS) is 24.4. The van der Waals surface area contributed by atoms with Crippen molar-refractivity contribution < 1.29 is 13.9 Å². The van der Waals surface area contributed by atoms with Gasteiger partial charge in [0, 0.05) is 20.3 Å². The van der Waals surface area contributed by atoms with Gasteiger partial charge in [-0.05, 0) is 12.3 Å². The molecular formula is C12H20N2O3. The minimum atomic E-state index is 0.0789. The maximum absolute atomic E-state index is 5.68. The highest BCUT2D eigenvalue weighted by atomic mass is 16.5. The number of methoxy groups -OCH3 is 1. The fourth-order valence-corrected chi connectivity index (χ4v) is 1.97. The number of hydrogen-bond donors (Lipinski definition) is 1. The van der Waals surface area contributed by atoms with Crippen molar-refractivity contribution in [2.24, 2.45) is 5.92 Å².